The van der Waals surface area contributed by atoms with Crippen molar-refractivity contribution < 1.29 is 4.92 Å². The van der Waals surface area contributed by atoms with Gasteiger partial charge in [0.15, 0.2) is 0 Å². The first-order valence-corrected chi connectivity index (χ1v) is 5.73. The third kappa shape index (κ3) is 1.72. The van der Waals surface area contributed by atoms with Crippen LogP contribution in [0.2, 0.25) is 0 Å². The van der Waals surface area contributed by atoms with E-state index in [1.807, 2.05) is 6.07 Å². The van der Waals surface area contributed by atoms with Crippen molar-refractivity contribution in [2.75, 3.05) is 5.32 Å². The number of nitro groups is 1. The van der Waals surface area contributed by atoms with E-state index in [-0.39, 0.29) is 10.6 Å². The van der Waals surface area contributed by atoms with Crippen LogP contribution < -0.4 is 5.32 Å². The second-order valence-corrected chi connectivity index (χ2v) is 4.62. The summed E-state index contributed by atoms with van der Waals surface area (Å²) in [5.41, 5.74) is 1.91. The number of hydrogen-bond acceptors (Lipinski definition) is 5. The lowest BCUT2D eigenvalue weighted by Gasteiger charge is -2.19. The van der Waals surface area contributed by atoms with Gasteiger partial charge in [-0.1, -0.05) is 11.8 Å². The van der Waals surface area contributed by atoms with Crippen LogP contribution in [0.1, 0.15) is 0 Å². The fourth-order valence-corrected chi connectivity index (χ4v) is 2.63. The first kappa shape index (κ1) is 10.1. The van der Waals surface area contributed by atoms with Crippen LogP contribution in [-0.4, -0.2) is 9.91 Å². The maximum absolute atomic E-state index is 10.7. The van der Waals surface area contributed by atoms with Crippen LogP contribution in [0.25, 0.3) is 0 Å². The highest BCUT2D eigenvalue weighted by molar-refractivity contribution is 7.99. The molecule has 1 aliphatic rings. The lowest BCUT2D eigenvalue weighted by atomic mass is 10.2. The SMILES string of the molecule is O=[N+]([O-])c1ccc2c(c1)Sc1ccncc1N2. The average Bonchev–Trinajstić information content (AvgIpc) is 2.35. The summed E-state index contributed by atoms with van der Waals surface area (Å²) in [5.74, 6) is 0. The summed E-state index contributed by atoms with van der Waals surface area (Å²) >= 11 is 1.51. The lowest BCUT2D eigenvalue weighted by Crippen LogP contribution is -2.00. The average molecular weight is 245 g/mol. The van der Waals surface area contributed by atoms with E-state index < -0.39 is 0 Å². The Hall–Kier alpha value is -2.08. The van der Waals surface area contributed by atoms with Gasteiger partial charge in [-0.15, -0.1) is 0 Å². The first-order chi connectivity index (χ1) is 8.24. The van der Waals surface area contributed by atoms with Gasteiger partial charge in [-0.05, 0) is 12.1 Å². The molecule has 6 heteroatoms. The number of nitro benzene ring substituents is 1. The van der Waals surface area contributed by atoms with E-state index >= 15 is 0 Å². The lowest BCUT2D eigenvalue weighted by molar-refractivity contribution is -0.385. The van der Waals surface area contributed by atoms with Gasteiger partial charge in [-0.2, -0.15) is 0 Å². The molecule has 0 aliphatic carbocycles. The Labute approximate surface area is 101 Å². The normalized spacial score (nSPS) is 12.2. The van der Waals surface area contributed by atoms with Crippen molar-refractivity contribution >= 4 is 28.8 Å². The third-order valence-electron chi connectivity index (χ3n) is 2.45. The zero-order valence-electron chi connectivity index (χ0n) is 8.58. The summed E-state index contributed by atoms with van der Waals surface area (Å²) in [6.45, 7) is 0. The molecular weight excluding hydrogens is 238 g/mol. The Bertz CT molecular complexity index is 615. The van der Waals surface area contributed by atoms with Gasteiger partial charge in [0.2, 0.25) is 0 Å². The molecule has 0 radical (unpaired) electrons. The van der Waals surface area contributed by atoms with Crippen molar-refractivity contribution in [2.24, 2.45) is 0 Å². The predicted octanol–water partition coefficient (Wildman–Crippen LogP) is 3.20. The minimum absolute atomic E-state index is 0.107. The molecule has 84 valence electrons. The first-order valence-electron chi connectivity index (χ1n) is 4.91. The molecule has 0 saturated carbocycles. The Balaban J connectivity index is 2.06. The number of non-ortho nitro benzene ring substituents is 1. The van der Waals surface area contributed by atoms with E-state index in [2.05, 4.69) is 10.3 Å². The van der Waals surface area contributed by atoms with Crippen LogP contribution in [-0.2, 0) is 0 Å². The molecule has 0 amide bonds. The van der Waals surface area contributed by atoms with Gasteiger partial charge in [-0.25, -0.2) is 0 Å². The van der Waals surface area contributed by atoms with Gasteiger partial charge >= 0.3 is 0 Å². The van der Waals surface area contributed by atoms with E-state index in [0.717, 1.165) is 21.2 Å². The highest BCUT2D eigenvalue weighted by Crippen LogP contribution is 2.44. The number of nitrogens with zero attached hydrogens (tertiary/aromatic N) is 2. The second-order valence-electron chi connectivity index (χ2n) is 3.54. The van der Waals surface area contributed by atoms with E-state index in [1.54, 1.807) is 24.5 Å². The molecule has 2 heterocycles. The minimum atomic E-state index is -0.386. The number of pyridine rings is 1. The van der Waals surface area contributed by atoms with Gasteiger partial charge in [0, 0.05) is 28.1 Å². The van der Waals surface area contributed by atoms with E-state index in [1.165, 1.54) is 17.8 Å². The fraction of sp³-hybridized carbons (Fsp3) is 0. The summed E-state index contributed by atoms with van der Waals surface area (Å²) in [7, 11) is 0. The molecule has 1 aromatic heterocycles. The van der Waals surface area contributed by atoms with Crippen LogP contribution in [0, 0.1) is 10.1 Å². The zero-order valence-corrected chi connectivity index (χ0v) is 9.40. The van der Waals surface area contributed by atoms with Gasteiger partial charge < -0.3 is 5.32 Å². The van der Waals surface area contributed by atoms with Crippen molar-refractivity contribution in [1.29, 1.82) is 0 Å². The van der Waals surface area contributed by atoms with Crippen molar-refractivity contribution in [3.8, 4) is 0 Å². The summed E-state index contributed by atoms with van der Waals surface area (Å²) in [6.07, 6.45) is 3.45. The van der Waals surface area contributed by atoms with Crippen molar-refractivity contribution in [1.82, 2.24) is 4.98 Å². The molecule has 3 rings (SSSR count). The number of fused-ring (bicyclic) bond motifs is 2. The zero-order chi connectivity index (χ0) is 11.8. The maximum atomic E-state index is 10.7. The Morgan fingerprint density at radius 2 is 2.12 bits per heavy atom. The molecule has 0 atom stereocenters. The summed E-state index contributed by atoms with van der Waals surface area (Å²) in [5, 5.41) is 13.9. The fourth-order valence-electron chi connectivity index (χ4n) is 1.64. The molecule has 1 N–H and O–H groups in total. The predicted molar refractivity (Wildman–Crippen MR) is 64.7 cm³/mol. The molecule has 0 saturated heterocycles. The number of anilines is 2. The highest BCUT2D eigenvalue weighted by Gasteiger charge is 2.18. The molecule has 2 aromatic rings. The molecule has 1 aromatic carbocycles. The molecule has 0 bridgehead atoms. The van der Waals surface area contributed by atoms with E-state index in [0.29, 0.717) is 0 Å². The summed E-state index contributed by atoms with van der Waals surface area (Å²) in [6, 6.07) is 6.68. The van der Waals surface area contributed by atoms with Crippen molar-refractivity contribution in [3.05, 3.63) is 46.8 Å². The number of nitrogens with one attached hydrogen (secondary N) is 1. The van der Waals surface area contributed by atoms with E-state index in [9.17, 15) is 10.1 Å². The van der Waals surface area contributed by atoms with Crippen molar-refractivity contribution in [2.45, 2.75) is 9.79 Å². The van der Waals surface area contributed by atoms with Gasteiger partial charge in [0.1, 0.15) is 0 Å². The number of hydrogen-bond donors (Lipinski definition) is 1. The molecule has 5 nitrogen and oxygen atoms in total. The van der Waals surface area contributed by atoms with Crippen molar-refractivity contribution in [3.63, 3.8) is 0 Å². The standard InChI is InChI=1S/C11H7N3O2S/c15-14(16)7-1-2-8-11(5-7)17-10-3-4-12-6-9(10)13-8/h1-6,13H. The number of aromatic nitrogens is 1. The Morgan fingerprint density at radius 3 is 2.94 bits per heavy atom. The Morgan fingerprint density at radius 1 is 1.24 bits per heavy atom. The van der Waals surface area contributed by atoms with Crippen LogP contribution in [0.15, 0.2) is 46.5 Å². The van der Waals surface area contributed by atoms with Gasteiger partial charge in [0.25, 0.3) is 5.69 Å². The minimum Gasteiger partial charge on any atom is -0.352 e. The molecule has 0 spiro atoms. The molecule has 0 fully saturated rings. The summed E-state index contributed by atoms with van der Waals surface area (Å²) < 4.78 is 0. The third-order valence-corrected chi connectivity index (χ3v) is 3.58. The molecule has 0 unspecified atom stereocenters. The van der Waals surface area contributed by atoms with Crippen LogP contribution in [0.3, 0.4) is 0 Å². The smallest absolute Gasteiger partial charge is 0.270 e. The second kappa shape index (κ2) is 3.74. The quantitative estimate of drug-likeness (QED) is 0.526. The monoisotopic (exact) mass is 245 g/mol. The maximum Gasteiger partial charge on any atom is 0.270 e. The van der Waals surface area contributed by atoms with Crippen LogP contribution >= 0.6 is 11.8 Å². The van der Waals surface area contributed by atoms with E-state index in [4.69, 9.17) is 0 Å². The summed E-state index contributed by atoms with van der Waals surface area (Å²) in [4.78, 5) is 16.2. The topological polar surface area (TPSA) is 68.1 Å². The molecule has 1 aliphatic heterocycles. The van der Waals surface area contributed by atoms with Gasteiger partial charge in [0.05, 0.1) is 22.5 Å². The molecular formula is C11H7N3O2S. The largest absolute Gasteiger partial charge is 0.352 e. The molecule has 17 heavy (non-hydrogen) atoms. The van der Waals surface area contributed by atoms with Gasteiger partial charge in [-0.3, -0.25) is 15.1 Å². The highest BCUT2D eigenvalue weighted by atomic mass is 32.2. The van der Waals surface area contributed by atoms with Crippen LogP contribution in [0.4, 0.5) is 17.1 Å². The Kier molecular flexibility index (Phi) is 2.22. The number of rotatable bonds is 1. The number of benzene rings is 1. The van der Waals surface area contributed by atoms with Crippen LogP contribution in [0.5, 0.6) is 0 Å².